The largest absolute Gasteiger partial charge is 0.508 e. The van der Waals surface area contributed by atoms with Gasteiger partial charge in [0.25, 0.3) is 0 Å². The van der Waals surface area contributed by atoms with Gasteiger partial charge in [0.15, 0.2) is 5.82 Å². The van der Waals surface area contributed by atoms with E-state index in [2.05, 4.69) is 47.9 Å². The second-order valence-electron chi connectivity index (χ2n) is 10.5. The van der Waals surface area contributed by atoms with Gasteiger partial charge >= 0.3 is 6.01 Å². The lowest BCUT2D eigenvalue weighted by Gasteiger charge is -2.50. The summed E-state index contributed by atoms with van der Waals surface area (Å²) in [5, 5.41) is 16.4. The number of aromatic nitrogens is 2. The Bertz CT molecular complexity index is 1490. The fraction of sp³-hybridized carbons (Fsp3) is 0.357. The summed E-state index contributed by atoms with van der Waals surface area (Å²) in [6.07, 6.45) is 0.914. The van der Waals surface area contributed by atoms with Crippen LogP contribution in [0.3, 0.4) is 0 Å². The van der Waals surface area contributed by atoms with Crippen molar-refractivity contribution in [3.05, 3.63) is 53.3 Å². The Morgan fingerprint density at radius 2 is 1.86 bits per heavy atom. The maximum Gasteiger partial charge on any atom is 0.318 e. The Morgan fingerprint density at radius 1 is 1.11 bits per heavy atom. The molecule has 1 unspecified atom stereocenters. The molecule has 0 saturated carbocycles. The van der Waals surface area contributed by atoms with Crippen LogP contribution >= 0.6 is 11.6 Å². The molecule has 36 heavy (non-hydrogen) atoms. The van der Waals surface area contributed by atoms with Gasteiger partial charge in [-0.2, -0.15) is 9.97 Å². The zero-order chi connectivity index (χ0) is 25.8. The first-order valence-electron chi connectivity index (χ1n) is 12.0. The minimum absolute atomic E-state index is 0.0297. The molecule has 0 bridgehead atoms. The quantitative estimate of drug-likeness (QED) is 0.336. The van der Waals surface area contributed by atoms with Crippen LogP contribution in [-0.2, 0) is 0 Å². The molecule has 1 atom stereocenters. The summed E-state index contributed by atoms with van der Waals surface area (Å²) in [6, 6.07) is 12.5. The zero-order valence-corrected chi connectivity index (χ0v) is 21.9. The van der Waals surface area contributed by atoms with Gasteiger partial charge in [-0.1, -0.05) is 42.8 Å². The number of fused-ring (bicyclic) bond motifs is 2. The summed E-state index contributed by atoms with van der Waals surface area (Å²) in [5.74, 6) is 0.0317. The number of piperazine rings is 1. The molecule has 1 fully saturated rings. The Morgan fingerprint density at radius 3 is 2.58 bits per heavy atom. The van der Waals surface area contributed by atoms with Crippen molar-refractivity contribution in [1.29, 1.82) is 0 Å². The van der Waals surface area contributed by atoms with Crippen LogP contribution in [0.2, 0.25) is 5.02 Å². The van der Waals surface area contributed by atoms with Gasteiger partial charge < -0.3 is 20.1 Å². The van der Waals surface area contributed by atoms with Crippen LogP contribution in [-0.4, -0.2) is 46.4 Å². The Labute approximate surface area is 215 Å². The minimum atomic E-state index is -0.581. The minimum Gasteiger partial charge on any atom is -0.508 e. The molecule has 0 spiro atoms. The van der Waals surface area contributed by atoms with Crippen LogP contribution in [0.1, 0.15) is 34.1 Å². The molecule has 2 heterocycles. The van der Waals surface area contributed by atoms with E-state index in [0.717, 1.165) is 17.2 Å². The van der Waals surface area contributed by atoms with Gasteiger partial charge in [-0.05, 0) is 61.7 Å². The number of ether oxygens (including phenoxy) is 1. The molecule has 0 radical (unpaired) electrons. The SMILES string of the molecule is CCC1(C)CN(c2nc(OC)nc3c(F)c(-c4cc(O)cc5ccccc45)c(Cl)cc23)CC(C)(C)N1. The average molecular weight is 509 g/mol. The molecule has 0 amide bonds. The van der Waals surface area contributed by atoms with E-state index in [9.17, 15) is 5.11 Å². The first-order valence-corrected chi connectivity index (χ1v) is 12.4. The van der Waals surface area contributed by atoms with Crippen molar-refractivity contribution >= 4 is 39.1 Å². The maximum absolute atomic E-state index is 16.4. The zero-order valence-electron chi connectivity index (χ0n) is 21.1. The van der Waals surface area contributed by atoms with Crippen molar-refractivity contribution in [2.75, 3.05) is 25.1 Å². The van der Waals surface area contributed by atoms with Crippen LogP contribution in [0.25, 0.3) is 32.8 Å². The highest BCUT2D eigenvalue weighted by atomic mass is 35.5. The molecule has 188 valence electrons. The number of halogens is 2. The number of hydrogen-bond acceptors (Lipinski definition) is 6. The summed E-state index contributed by atoms with van der Waals surface area (Å²) in [7, 11) is 1.47. The van der Waals surface area contributed by atoms with Crippen LogP contribution < -0.4 is 15.0 Å². The highest BCUT2D eigenvalue weighted by molar-refractivity contribution is 6.35. The number of phenols is 1. The second-order valence-corrected chi connectivity index (χ2v) is 10.9. The molecule has 2 N–H and O–H groups in total. The molecular weight excluding hydrogens is 479 g/mol. The normalized spacial score (nSPS) is 19.7. The molecule has 1 saturated heterocycles. The van der Waals surface area contributed by atoms with E-state index in [4.69, 9.17) is 16.3 Å². The van der Waals surface area contributed by atoms with E-state index in [1.165, 1.54) is 13.2 Å². The average Bonchev–Trinajstić information content (AvgIpc) is 2.82. The third kappa shape index (κ3) is 4.20. The van der Waals surface area contributed by atoms with E-state index in [1.807, 2.05) is 24.3 Å². The fourth-order valence-corrected chi connectivity index (χ4v) is 5.73. The molecule has 1 aliphatic heterocycles. The summed E-state index contributed by atoms with van der Waals surface area (Å²) in [5.41, 5.74) is 0.446. The van der Waals surface area contributed by atoms with Crippen molar-refractivity contribution in [2.45, 2.75) is 45.2 Å². The van der Waals surface area contributed by atoms with Crippen molar-refractivity contribution in [1.82, 2.24) is 15.3 Å². The summed E-state index contributed by atoms with van der Waals surface area (Å²) >= 11 is 6.78. The Kier molecular flexibility index (Phi) is 5.96. The number of anilines is 1. The number of aromatic hydroxyl groups is 1. The lowest BCUT2D eigenvalue weighted by Crippen LogP contribution is -2.68. The lowest BCUT2D eigenvalue weighted by molar-refractivity contribution is 0.203. The van der Waals surface area contributed by atoms with Gasteiger partial charge in [0.1, 0.15) is 17.1 Å². The van der Waals surface area contributed by atoms with Crippen molar-refractivity contribution in [3.8, 4) is 22.9 Å². The van der Waals surface area contributed by atoms with Gasteiger partial charge in [-0.3, -0.25) is 0 Å². The number of rotatable bonds is 4. The number of benzene rings is 3. The van der Waals surface area contributed by atoms with E-state index < -0.39 is 5.82 Å². The predicted octanol–water partition coefficient (Wildman–Crippen LogP) is 6.31. The van der Waals surface area contributed by atoms with Gasteiger partial charge in [-0.15, -0.1) is 0 Å². The standard InChI is InChI=1S/C28H30ClFN4O2/c1-6-28(4)15-34(14-27(2,3)33-28)25-20-13-21(29)22(23(30)24(20)31-26(32-25)36-5)19-12-17(35)11-16-9-7-8-10-18(16)19/h7-13,33,35H,6,14-15H2,1-5H3. The number of nitrogens with zero attached hydrogens (tertiary/aromatic N) is 3. The van der Waals surface area contributed by atoms with Crippen LogP contribution in [0, 0.1) is 5.82 Å². The van der Waals surface area contributed by atoms with Crippen molar-refractivity contribution in [2.24, 2.45) is 0 Å². The van der Waals surface area contributed by atoms with E-state index in [1.54, 1.807) is 12.1 Å². The molecule has 5 rings (SSSR count). The van der Waals surface area contributed by atoms with E-state index >= 15 is 4.39 Å². The third-order valence-corrected chi connectivity index (χ3v) is 7.28. The Hall–Kier alpha value is -3.16. The van der Waals surface area contributed by atoms with Gasteiger partial charge in [0.05, 0.1) is 12.1 Å². The highest BCUT2D eigenvalue weighted by Gasteiger charge is 2.39. The molecule has 0 aliphatic carbocycles. The lowest BCUT2D eigenvalue weighted by atomic mass is 9.88. The van der Waals surface area contributed by atoms with Gasteiger partial charge in [0, 0.05) is 35.1 Å². The fourth-order valence-electron chi connectivity index (χ4n) is 5.44. The second kappa shape index (κ2) is 8.75. The Balaban J connectivity index is 1.77. The molecule has 1 aromatic heterocycles. The maximum atomic E-state index is 16.4. The third-order valence-electron chi connectivity index (χ3n) is 6.99. The monoisotopic (exact) mass is 508 g/mol. The van der Waals surface area contributed by atoms with Crippen LogP contribution in [0.4, 0.5) is 10.2 Å². The predicted molar refractivity (Wildman–Crippen MR) is 144 cm³/mol. The summed E-state index contributed by atoms with van der Waals surface area (Å²) in [6.45, 7) is 9.96. The van der Waals surface area contributed by atoms with E-state index in [0.29, 0.717) is 29.9 Å². The number of methoxy groups -OCH3 is 1. The van der Waals surface area contributed by atoms with Crippen LogP contribution in [0.15, 0.2) is 42.5 Å². The summed E-state index contributed by atoms with van der Waals surface area (Å²) in [4.78, 5) is 11.2. The molecular formula is C28H30ClFN4O2. The van der Waals surface area contributed by atoms with E-state index in [-0.39, 0.29) is 38.9 Å². The molecule has 1 aliphatic rings. The van der Waals surface area contributed by atoms with Crippen molar-refractivity contribution < 1.29 is 14.2 Å². The molecule has 6 nitrogen and oxygen atoms in total. The number of phenolic OH excluding ortho intramolecular Hbond substituents is 1. The number of nitrogens with one attached hydrogen (secondary N) is 1. The first kappa shape index (κ1) is 24.5. The summed E-state index contributed by atoms with van der Waals surface area (Å²) < 4.78 is 21.8. The number of hydrogen-bond donors (Lipinski definition) is 2. The van der Waals surface area contributed by atoms with Gasteiger partial charge in [-0.25, -0.2) is 4.39 Å². The van der Waals surface area contributed by atoms with Crippen LogP contribution in [0.5, 0.6) is 11.8 Å². The van der Waals surface area contributed by atoms with Gasteiger partial charge in [0.2, 0.25) is 0 Å². The topological polar surface area (TPSA) is 70.5 Å². The molecule has 4 aromatic rings. The molecule has 8 heteroatoms. The smallest absolute Gasteiger partial charge is 0.318 e. The van der Waals surface area contributed by atoms with Crippen molar-refractivity contribution in [3.63, 3.8) is 0 Å². The highest BCUT2D eigenvalue weighted by Crippen LogP contribution is 2.43. The first-order chi connectivity index (χ1) is 17.0. The molecule has 3 aromatic carbocycles.